The zero-order valence-electron chi connectivity index (χ0n) is 10.00. The molecule has 0 aliphatic heterocycles. The Labute approximate surface area is 109 Å². The van der Waals surface area contributed by atoms with Crippen LogP contribution in [-0.2, 0) is 16.0 Å². The van der Waals surface area contributed by atoms with Crippen LogP contribution in [0.1, 0.15) is 5.56 Å². The highest BCUT2D eigenvalue weighted by molar-refractivity contribution is 5.77. The SMILES string of the molecule is N#CCOC(=O)C(Cc1ccccc1)NNC(=O)O. The fourth-order valence-corrected chi connectivity index (χ4v) is 1.40. The monoisotopic (exact) mass is 263 g/mol. The van der Waals surface area contributed by atoms with E-state index < -0.39 is 18.1 Å². The largest absolute Gasteiger partial charge is 0.464 e. The molecule has 0 aliphatic rings. The third-order valence-corrected chi connectivity index (χ3v) is 2.20. The number of carboxylic acid groups (broad SMARTS) is 1. The molecule has 1 amide bonds. The average Bonchev–Trinajstić information content (AvgIpc) is 2.41. The highest BCUT2D eigenvalue weighted by Gasteiger charge is 2.20. The number of amides is 1. The Morgan fingerprint density at radius 2 is 2.05 bits per heavy atom. The number of nitriles is 1. The number of carbonyl (C=O) groups is 2. The second kappa shape index (κ2) is 7.68. The van der Waals surface area contributed by atoms with Gasteiger partial charge in [0.2, 0.25) is 0 Å². The summed E-state index contributed by atoms with van der Waals surface area (Å²) in [5, 5.41) is 16.9. The smallest absolute Gasteiger partial charge is 0.419 e. The van der Waals surface area contributed by atoms with Crippen molar-refractivity contribution in [1.29, 1.82) is 5.26 Å². The van der Waals surface area contributed by atoms with Crippen LogP contribution in [0, 0.1) is 11.3 Å². The van der Waals surface area contributed by atoms with Crippen LogP contribution < -0.4 is 10.9 Å². The van der Waals surface area contributed by atoms with Gasteiger partial charge in [-0.2, -0.15) is 5.26 Å². The molecule has 0 spiro atoms. The first-order valence-electron chi connectivity index (χ1n) is 5.45. The van der Waals surface area contributed by atoms with Crippen molar-refractivity contribution in [2.24, 2.45) is 0 Å². The van der Waals surface area contributed by atoms with Gasteiger partial charge in [-0.05, 0) is 5.56 Å². The minimum absolute atomic E-state index is 0.241. The van der Waals surface area contributed by atoms with Gasteiger partial charge < -0.3 is 9.84 Å². The number of nitrogens with zero attached hydrogens (tertiary/aromatic N) is 1. The Kier molecular flexibility index (Phi) is 5.85. The molecule has 1 unspecified atom stereocenters. The number of hydrazine groups is 1. The first-order valence-corrected chi connectivity index (χ1v) is 5.45. The van der Waals surface area contributed by atoms with Gasteiger partial charge in [0.1, 0.15) is 12.1 Å². The highest BCUT2D eigenvalue weighted by atomic mass is 16.5. The molecule has 19 heavy (non-hydrogen) atoms. The van der Waals surface area contributed by atoms with E-state index in [9.17, 15) is 9.59 Å². The molecule has 3 N–H and O–H groups in total. The maximum Gasteiger partial charge on any atom is 0.419 e. The first kappa shape index (κ1) is 14.5. The van der Waals surface area contributed by atoms with Crippen LogP contribution >= 0.6 is 0 Å². The van der Waals surface area contributed by atoms with Gasteiger partial charge in [0.15, 0.2) is 6.61 Å². The van der Waals surface area contributed by atoms with Gasteiger partial charge in [-0.3, -0.25) is 10.2 Å². The fourth-order valence-electron chi connectivity index (χ4n) is 1.40. The van der Waals surface area contributed by atoms with Crippen LogP contribution in [-0.4, -0.2) is 29.8 Å². The summed E-state index contributed by atoms with van der Waals surface area (Å²) in [4.78, 5) is 22.1. The zero-order chi connectivity index (χ0) is 14.1. The van der Waals surface area contributed by atoms with Crippen molar-refractivity contribution >= 4 is 12.1 Å². The van der Waals surface area contributed by atoms with Crippen LogP contribution in [0.4, 0.5) is 4.79 Å². The maximum absolute atomic E-state index is 11.7. The van der Waals surface area contributed by atoms with Crippen LogP contribution in [0.5, 0.6) is 0 Å². The van der Waals surface area contributed by atoms with Gasteiger partial charge >= 0.3 is 12.1 Å². The lowest BCUT2D eigenvalue weighted by Crippen LogP contribution is -2.49. The van der Waals surface area contributed by atoms with Crippen molar-refractivity contribution < 1.29 is 19.4 Å². The van der Waals surface area contributed by atoms with E-state index in [0.29, 0.717) is 0 Å². The molecule has 0 bridgehead atoms. The topological polar surface area (TPSA) is 111 Å². The minimum atomic E-state index is -1.31. The molecule has 100 valence electrons. The van der Waals surface area contributed by atoms with E-state index in [1.807, 2.05) is 11.5 Å². The maximum atomic E-state index is 11.7. The molecule has 7 heteroatoms. The quantitative estimate of drug-likeness (QED) is 0.507. The Balaban J connectivity index is 2.66. The van der Waals surface area contributed by atoms with Crippen LogP contribution in [0.25, 0.3) is 0 Å². The van der Waals surface area contributed by atoms with Crippen molar-refractivity contribution in [2.45, 2.75) is 12.5 Å². The number of esters is 1. The number of hydrogen-bond acceptors (Lipinski definition) is 5. The Hall–Kier alpha value is -2.59. The third kappa shape index (κ3) is 5.52. The molecule has 0 saturated heterocycles. The second-order valence-electron chi connectivity index (χ2n) is 3.58. The minimum Gasteiger partial charge on any atom is -0.464 e. The summed E-state index contributed by atoms with van der Waals surface area (Å²) in [7, 11) is 0. The van der Waals surface area contributed by atoms with Gasteiger partial charge in [-0.1, -0.05) is 30.3 Å². The van der Waals surface area contributed by atoms with Gasteiger partial charge in [-0.25, -0.2) is 10.2 Å². The molecule has 0 radical (unpaired) electrons. The lowest BCUT2D eigenvalue weighted by Gasteiger charge is -2.16. The summed E-state index contributed by atoms with van der Waals surface area (Å²) in [5.74, 6) is -0.695. The highest BCUT2D eigenvalue weighted by Crippen LogP contribution is 2.04. The van der Waals surface area contributed by atoms with Crippen molar-refractivity contribution in [1.82, 2.24) is 10.9 Å². The van der Waals surface area contributed by atoms with E-state index in [1.54, 1.807) is 30.3 Å². The van der Waals surface area contributed by atoms with E-state index in [1.165, 1.54) is 0 Å². The summed E-state index contributed by atoms with van der Waals surface area (Å²) < 4.78 is 4.66. The van der Waals surface area contributed by atoms with Crippen molar-refractivity contribution in [2.75, 3.05) is 6.61 Å². The molecule has 0 aliphatic carbocycles. The molecular formula is C12H13N3O4. The standard InChI is InChI=1S/C12H13N3O4/c13-6-7-19-11(16)10(14-15-12(17)18)8-9-4-2-1-3-5-9/h1-5,10,14-15H,7-8H2,(H,17,18). The van der Waals surface area contributed by atoms with Crippen LogP contribution in [0.2, 0.25) is 0 Å². The lowest BCUT2D eigenvalue weighted by molar-refractivity contribution is -0.144. The number of carbonyl (C=O) groups excluding carboxylic acids is 1. The van der Waals surface area contributed by atoms with Crippen LogP contribution in [0.15, 0.2) is 30.3 Å². The summed E-state index contributed by atoms with van der Waals surface area (Å²) in [6.07, 6.45) is -1.07. The van der Waals surface area contributed by atoms with Gasteiger partial charge in [-0.15, -0.1) is 0 Å². The Morgan fingerprint density at radius 1 is 1.37 bits per heavy atom. The number of hydrogen-bond donors (Lipinski definition) is 3. The molecule has 0 heterocycles. The summed E-state index contributed by atoms with van der Waals surface area (Å²) in [6, 6.07) is 9.81. The molecule has 1 aromatic rings. The Bertz CT molecular complexity index is 470. The van der Waals surface area contributed by atoms with Gasteiger partial charge in [0, 0.05) is 6.42 Å². The second-order valence-corrected chi connectivity index (χ2v) is 3.58. The molecule has 0 saturated carbocycles. The van der Waals surface area contributed by atoms with Gasteiger partial charge in [0.05, 0.1) is 0 Å². The van der Waals surface area contributed by atoms with E-state index in [0.717, 1.165) is 5.56 Å². The number of rotatable bonds is 6. The Morgan fingerprint density at radius 3 is 2.63 bits per heavy atom. The van der Waals surface area contributed by atoms with E-state index in [4.69, 9.17) is 10.4 Å². The number of nitrogens with one attached hydrogen (secondary N) is 2. The summed E-state index contributed by atoms with van der Waals surface area (Å²) in [6.45, 7) is -0.376. The summed E-state index contributed by atoms with van der Waals surface area (Å²) >= 11 is 0. The van der Waals surface area contributed by atoms with Crippen molar-refractivity contribution in [3.63, 3.8) is 0 Å². The predicted octanol–water partition coefficient (Wildman–Crippen LogP) is 0.437. The van der Waals surface area contributed by atoms with Gasteiger partial charge in [0.25, 0.3) is 0 Å². The van der Waals surface area contributed by atoms with E-state index >= 15 is 0 Å². The molecule has 0 fully saturated rings. The molecule has 1 atom stereocenters. The molecule has 0 aromatic heterocycles. The molecule has 1 aromatic carbocycles. The molecule has 1 rings (SSSR count). The van der Waals surface area contributed by atoms with Crippen molar-refractivity contribution in [3.05, 3.63) is 35.9 Å². The zero-order valence-corrected chi connectivity index (χ0v) is 10.00. The van der Waals surface area contributed by atoms with Crippen LogP contribution in [0.3, 0.4) is 0 Å². The first-order chi connectivity index (χ1) is 9.13. The fraction of sp³-hybridized carbons (Fsp3) is 0.250. The predicted molar refractivity (Wildman–Crippen MR) is 64.8 cm³/mol. The van der Waals surface area contributed by atoms with E-state index in [-0.39, 0.29) is 13.0 Å². The normalized spacial score (nSPS) is 11.1. The summed E-state index contributed by atoms with van der Waals surface area (Å²) in [5.41, 5.74) is 5.08. The average molecular weight is 263 g/mol. The van der Waals surface area contributed by atoms with Crippen molar-refractivity contribution in [3.8, 4) is 6.07 Å². The third-order valence-electron chi connectivity index (χ3n) is 2.20. The lowest BCUT2D eigenvalue weighted by atomic mass is 10.1. The number of benzene rings is 1. The number of ether oxygens (including phenoxy) is 1. The molecular weight excluding hydrogens is 250 g/mol. The van der Waals surface area contributed by atoms with E-state index in [2.05, 4.69) is 10.2 Å². The molecule has 7 nitrogen and oxygen atoms in total.